The number of anilines is 1. The average Bonchev–Trinajstić information content (AvgIpc) is 2.54. The van der Waals surface area contributed by atoms with E-state index in [0.29, 0.717) is 12.1 Å². The Morgan fingerprint density at radius 1 is 1.17 bits per heavy atom. The molecule has 120 valence electrons. The fourth-order valence-corrected chi connectivity index (χ4v) is 3.07. The normalized spacial score (nSPS) is 11.3. The number of nitrogens with zero attached hydrogens (tertiary/aromatic N) is 2. The minimum atomic E-state index is -3.47. The molecule has 6 heteroatoms. The Morgan fingerprint density at radius 3 is 2.52 bits per heavy atom. The Bertz CT molecular complexity index is 852. The Labute approximate surface area is 137 Å². The number of nitriles is 1. The standard InChI is InChI=1S/C17H19N3O2S/c1-13-8-9-16(23(21,22)20(2)3)10-17(13)19-12-15-7-5-4-6-14(15)11-18/h4-10,19H,12H2,1-3H3. The van der Waals surface area contributed by atoms with Gasteiger partial charge in [0, 0.05) is 26.3 Å². The van der Waals surface area contributed by atoms with Crippen LogP contribution < -0.4 is 5.32 Å². The maximum atomic E-state index is 12.2. The molecule has 0 atom stereocenters. The molecule has 2 aromatic rings. The van der Waals surface area contributed by atoms with Crippen LogP contribution in [0.4, 0.5) is 5.69 Å². The van der Waals surface area contributed by atoms with Crippen LogP contribution in [0.3, 0.4) is 0 Å². The van der Waals surface area contributed by atoms with E-state index < -0.39 is 10.0 Å². The van der Waals surface area contributed by atoms with Crippen molar-refractivity contribution in [3.63, 3.8) is 0 Å². The topological polar surface area (TPSA) is 73.2 Å². The maximum absolute atomic E-state index is 12.2. The minimum absolute atomic E-state index is 0.240. The summed E-state index contributed by atoms with van der Waals surface area (Å²) in [6.45, 7) is 2.36. The molecule has 0 aliphatic heterocycles. The van der Waals surface area contributed by atoms with Crippen molar-refractivity contribution in [3.05, 3.63) is 59.2 Å². The molecule has 0 fully saturated rings. The predicted octanol–water partition coefficient (Wildman–Crippen LogP) is 2.73. The third kappa shape index (κ3) is 3.70. The second-order valence-electron chi connectivity index (χ2n) is 5.39. The van der Waals surface area contributed by atoms with Gasteiger partial charge in [0.2, 0.25) is 10.0 Å². The van der Waals surface area contributed by atoms with Crippen LogP contribution >= 0.6 is 0 Å². The third-order valence-corrected chi connectivity index (χ3v) is 5.41. The van der Waals surface area contributed by atoms with Crippen molar-refractivity contribution in [1.82, 2.24) is 4.31 Å². The van der Waals surface area contributed by atoms with Crippen LogP contribution in [0.15, 0.2) is 47.4 Å². The summed E-state index contributed by atoms with van der Waals surface area (Å²) in [5, 5.41) is 12.3. The van der Waals surface area contributed by atoms with E-state index in [2.05, 4.69) is 11.4 Å². The van der Waals surface area contributed by atoms with E-state index in [1.54, 1.807) is 24.3 Å². The summed E-state index contributed by atoms with van der Waals surface area (Å²) in [5.41, 5.74) is 3.16. The van der Waals surface area contributed by atoms with Crippen molar-refractivity contribution in [2.75, 3.05) is 19.4 Å². The van der Waals surface area contributed by atoms with Gasteiger partial charge in [-0.05, 0) is 36.2 Å². The first-order valence-corrected chi connectivity index (χ1v) is 8.55. The maximum Gasteiger partial charge on any atom is 0.242 e. The number of hydrogen-bond acceptors (Lipinski definition) is 4. The number of sulfonamides is 1. The van der Waals surface area contributed by atoms with E-state index in [-0.39, 0.29) is 4.90 Å². The molecule has 2 aromatic carbocycles. The van der Waals surface area contributed by atoms with Gasteiger partial charge in [-0.2, -0.15) is 5.26 Å². The Morgan fingerprint density at radius 2 is 1.87 bits per heavy atom. The van der Waals surface area contributed by atoms with Gasteiger partial charge in [-0.25, -0.2) is 12.7 Å². The molecule has 0 radical (unpaired) electrons. The van der Waals surface area contributed by atoms with Crippen LogP contribution in [0.5, 0.6) is 0 Å². The van der Waals surface area contributed by atoms with E-state index in [4.69, 9.17) is 5.26 Å². The molecule has 0 bridgehead atoms. The summed E-state index contributed by atoms with van der Waals surface area (Å²) in [5.74, 6) is 0. The summed E-state index contributed by atoms with van der Waals surface area (Å²) < 4.78 is 25.6. The third-order valence-electron chi connectivity index (χ3n) is 3.59. The fraction of sp³-hybridized carbons (Fsp3) is 0.235. The molecule has 0 saturated heterocycles. The van der Waals surface area contributed by atoms with Crippen molar-refractivity contribution in [2.24, 2.45) is 0 Å². The lowest BCUT2D eigenvalue weighted by Crippen LogP contribution is -2.22. The summed E-state index contributed by atoms with van der Waals surface area (Å²) in [6.07, 6.45) is 0. The molecule has 0 amide bonds. The van der Waals surface area contributed by atoms with Gasteiger partial charge in [-0.15, -0.1) is 0 Å². The summed E-state index contributed by atoms with van der Waals surface area (Å²) in [7, 11) is -0.460. The fourth-order valence-electron chi connectivity index (χ4n) is 2.14. The zero-order chi connectivity index (χ0) is 17.0. The number of rotatable bonds is 5. The van der Waals surface area contributed by atoms with Gasteiger partial charge < -0.3 is 5.32 Å². The molecule has 0 heterocycles. The highest BCUT2D eigenvalue weighted by molar-refractivity contribution is 7.89. The van der Waals surface area contributed by atoms with Crippen LogP contribution in [-0.4, -0.2) is 26.8 Å². The molecule has 5 nitrogen and oxygen atoms in total. The molecule has 2 rings (SSSR count). The Kier molecular flexibility index (Phi) is 5.04. The molecular weight excluding hydrogens is 310 g/mol. The second-order valence-corrected chi connectivity index (χ2v) is 7.54. The number of benzene rings is 2. The van der Waals surface area contributed by atoms with Crippen molar-refractivity contribution < 1.29 is 8.42 Å². The summed E-state index contributed by atoms with van der Waals surface area (Å²) in [6, 6.07) is 14.5. The van der Waals surface area contributed by atoms with Crippen LogP contribution in [0.25, 0.3) is 0 Å². The van der Waals surface area contributed by atoms with Gasteiger partial charge in [0.15, 0.2) is 0 Å². The molecule has 0 saturated carbocycles. The van der Waals surface area contributed by atoms with Crippen molar-refractivity contribution >= 4 is 15.7 Å². The Hall–Kier alpha value is -2.36. The molecule has 0 aliphatic rings. The minimum Gasteiger partial charge on any atom is -0.381 e. The van der Waals surface area contributed by atoms with Gasteiger partial charge in [-0.1, -0.05) is 24.3 Å². The van der Waals surface area contributed by atoms with Gasteiger partial charge in [0.25, 0.3) is 0 Å². The van der Waals surface area contributed by atoms with E-state index >= 15 is 0 Å². The zero-order valence-electron chi connectivity index (χ0n) is 13.4. The lowest BCUT2D eigenvalue weighted by molar-refractivity contribution is 0.521. The first kappa shape index (κ1) is 17.0. The highest BCUT2D eigenvalue weighted by Crippen LogP contribution is 2.23. The quantitative estimate of drug-likeness (QED) is 0.915. The van der Waals surface area contributed by atoms with Crippen molar-refractivity contribution in [1.29, 1.82) is 5.26 Å². The van der Waals surface area contributed by atoms with E-state index in [9.17, 15) is 8.42 Å². The molecule has 0 aromatic heterocycles. The first-order chi connectivity index (χ1) is 10.9. The smallest absolute Gasteiger partial charge is 0.242 e. The Balaban J connectivity index is 2.29. The molecule has 0 spiro atoms. The van der Waals surface area contributed by atoms with Crippen LogP contribution in [-0.2, 0) is 16.6 Å². The first-order valence-electron chi connectivity index (χ1n) is 7.11. The van der Waals surface area contributed by atoms with Crippen LogP contribution in [0, 0.1) is 18.3 Å². The molecule has 0 aliphatic carbocycles. The average molecular weight is 329 g/mol. The lowest BCUT2D eigenvalue weighted by atomic mass is 10.1. The predicted molar refractivity (Wildman–Crippen MR) is 90.5 cm³/mol. The van der Waals surface area contributed by atoms with E-state index in [1.165, 1.54) is 18.4 Å². The van der Waals surface area contributed by atoms with Crippen molar-refractivity contribution in [2.45, 2.75) is 18.4 Å². The number of hydrogen-bond donors (Lipinski definition) is 1. The van der Waals surface area contributed by atoms with Crippen LogP contribution in [0.2, 0.25) is 0 Å². The van der Waals surface area contributed by atoms with Gasteiger partial charge in [0.05, 0.1) is 16.5 Å². The van der Waals surface area contributed by atoms with Crippen molar-refractivity contribution in [3.8, 4) is 6.07 Å². The van der Waals surface area contributed by atoms with Gasteiger partial charge in [-0.3, -0.25) is 0 Å². The van der Waals surface area contributed by atoms with Crippen LogP contribution in [0.1, 0.15) is 16.7 Å². The summed E-state index contributed by atoms with van der Waals surface area (Å²) in [4.78, 5) is 0.240. The molecule has 0 unspecified atom stereocenters. The molecular formula is C17H19N3O2S. The second kappa shape index (κ2) is 6.82. The van der Waals surface area contributed by atoms with E-state index in [1.807, 2.05) is 25.1 Å². The highest BCUT2D eigenvalue weighted by atomic mass is 32.2. The largest absolute Gasteiger partial charge is 0.381 e. The van der Waals surface area contributed by atoms with Gasteiger partial charge in [0.1, 0.15) is 0 Å². The number of aryl methyl sites for hydroxylation is 1. The SMILES string of the molecule is Cc1ccc(S(=O)(=O)N(C)C)cc1NCc1ccccc1C#N. The van der Waals surface area contributed by atoms with Gasteiger partial charge >= 0.3 is 0 Å². The lowest BCUT2D eigenvalue weighted by Gasteiger charge is -2.15. The monoisotopic (exact) mass is 329 g/mol. The zero-order valence-corrected chi connectivity index (χ0v) is 14.2. The molecule has 1 N–H and O–H groups in total. The van der Waals surface area contributed by atoms with E-state index in [0.717, 1.165) is 16.8 Å². The molecule has 23 heavy (non-hydrogen) atoms. The summed E-state index contributed by atoms with van der Waals surface area (Å²) >= 11 is 0. The number of nitrogens with one attached hydrogen (secondary N) is 1. The highest BCUT2D eigenvalue weighted by Gasteiger charge is 2.18.